The van der Waals surface area contributed by atoms with Crippen molar-refractivity contribution in [3.8, 4) is 0 Å². The van der Waals surface area contributed by atoms with Gasteiger partial charge in [-0.25, -0.2) is 4.79 Å². The molecule has 0 unspecified atom stereocenters. The molecule has 0 N–H and O–H groups in total. The zero-order valence-corrected chi connectivity index (χ0v) is 15.2. The second-order valence-electron chi connectivity index (χ2n) is 4.91. The number of ether oxygens (including phenoxy) is 2. The molecule has 0 fully saturated rings. The molecule has 2 rings (SSSR count). The number of carbonyl (C=O) groups is 1. The molecule has 2 aromatic rings. The number of carbonyl (C=O) groups excluding carboxylic acids is 1. The highest BCUT2D eigenvalue weighted by molar-refractivity contribution is 14.1. The summed E-state index contributed by atoms with van der Waals surface area (Å²) < 4.78 is 12.8. The molecule has 0 aliphatic rings. The summed E-state index contributed by atoms with van der Waals surface area (Å²) in [5, 5.41) is 0. The van der Waals surface area contributed by atoms with E-state index >= 15 is 0 Å². The molecular weight excluding hydrogens is 403 g/mol. The third-order valence-corrected chi connectivity index (χ3v) is 4.02. The molecule has 0 radical (unpaired) electrons. The number of hydrogen-bond donors (Lipinski definition) is 0. The third-order valence-electron chi connectivity index (χ3n) is 3.27. The zero-order valence-electron chi connectivity index (χ0n) is 13.0. The zero-order chi connectivity index (χ0) is 16.5. The van der Waals surface area contributed by atoms with Crippen molar-refractivity contribution >= 4 is 34.1 Å². The summed E-state index contributed by atoms with van der Waals surface area (Å²) in [5.74, 6) is -0.292. The van der Waals surface area contributed by atoms with Crippen LogP contribution in [0.25, 0.3) is 5.57 Å². The molecule has 0 heterocycles. The van der Waals surface area contributed by atoms with E-state index in [2.05, 4.69) is 34.7 Å². The molecule has 0 saturated carbocycles. The smallest absolute Gasteiger partial charge is 0.338 e. The Balaban J connectivity index is 1.87. The molecule has 0 bridgehead atoms. The van der Waals surface area contributed by atoms with Gasteiger partial charge in [-0.2, -0.15) is 0 Å². The predicted molar refractivity (Wildman–Crippen MR) is 100 cm³/mol. The number of rotatable bonds is 7. The van der Waals surface area contributed by atoms with Gasteiger partial charge >= 0.3 is 5.97 Å². The Kier molecular flexibility index (Phi) is 7.29. The fourth-order valence-electron chi connectivity index (χ4n) is 2.06. The van der Waals surface area contributed by atoms with Gasteiger partial charge in [0.2, 0.25) is 0 Å². The van der Waals surface area contributed by atoms with E-state index in [0.717, 1.165) is 11.1 Å². The maximum absolute atomic E-state index is 11.6. The van der Waals surface area contributed by atoms with Gasteiger partial charge in [-0.1, -0.05) is 65.1 Å². The van der Waals surface area contributed by atoms with Crippen LogP contribution in [0.1, 0.15) is 28.4 Å². The van der Waals surface area contributed by atoms with Gasteiger partial charge in [-0.05, 0) is 39.8 Å². The topological polar surface area (TPSA) is 35.5 Å². The van der Waals surface area contributed by atoms with E-state index in [9.17, 15) is 4.79 Å². The Hall–Kier alpha value is -1.66. The van der Waals surface area contributed by atoms with Gasteiger partial charge in [0.05, 0.1) is 25.4 Å². The van der Waals surface area contributed by atoms with Gasteiger partial charge in [-0.15, -0.1) is 0 Å². The van der Waals surface area contributed by atoms with E-state index in [4.69, 9.17) is 9.47 Å². The molecule has 0 aromatic heterocycles. The van der Waals surface area contributed by atoms with Crippen molar-refractivity contribution in [2.75, 3.05) is 13.2 Å². The van der Waals surface area contributed by atoms with Gasteiger partial charge in [0.25, 0.3) is 0 Å². The van der Waals surface area contributed by atoms with Crippen LogP contribution in [0.4, 0.5) is 0 Å². The van der Waals surface area contributed by atoms with Gasteiger partial charge in [0.1, 0.15) is 0 Å². The Labute approximate surface area is 150 Å². The molecular formula is C19H19IO3. The first kappa shape index (κ1) is 17.7. The number of hydrogen-bond acceptors (Lipinski definition) is 3. The van der Waals surface area contributed by atoms with Crippen LogP contribution in [0.5, 0.6) is 0 Å². The SMILES string of the molecule is CCOC(=O)c1ccc(COC/C(=C\I)c2ccccc2)cc1. The number of esters is 1. The summed E-state index contributed by atoms with van der Waals surface area (Å²) in [7, 11) is 0. The van der Waals surface area contributed by atoms with Crippen LogP contribution < -0.4 is 0 Å². The molecule has 0 spiro atoms. The van der Waals surface area contributed by atoms with Gasteiger partial charge < -0.3 is 9.47 Å². The van der Waals surface area contributed by atoms with Gasteiger partial charge in [-0.3, -0.25) is 0 Å². The summed E-state index contributed by atoms with van der Waals surface area (Å²) in [6.07, 6.45) is 0. The second kappa shape index (κ2) is 9.47. The molecule has 120 valence electrons. The Morgan fingerprint density at radius 3 is 2.35 bits per heavy atom. The van der Waals surface area contributed by atoms with Crippen molar-refractivity contribution in [1.82, 2.24) is 0 Å². The molecule has 0 aliphatic carbocycles. The summed E-state index contributed by atoms with van der Waals surface area (Å²) in [6, 6.07) is 17.5. The highest BCUT2D eigenvalue weighted by atomic mass is 127. The predicted octanol–water partition coefficient (Wildman–Crippen LogP) is 4.86. The van der Waals surface area contributed by atoms with Crippen LogP contribution in [0.3, 0.4) is 0 Å². The monoisotopic (exact) mass is 422 g/mol. The van der Waals surface area contributed by atoms with Crippen LogP contribution in [0.2, 0.25) is 0 Å². The third kappa shape index (κ3) is 5.48. The van der Waals surface area contributed by atoms with Gasteiger partial charge in [0.15, 0.2) is 0 Å². The van der Waals surface area contributed by atoms with E-state index in [1.165, 1.54) is 5.56 Å². The lowest BCUT2D eigenvalue weighted by atomic mass is 10.1. The molecule has 3 nitrogen and oxygen atoms in total. The fourth-order valence-corrected chi connectivity index (χ4v) is 2.60. The first-order valence-corrected chi connectivity index (χ1v) is 8.67. The van der Waals surface area contributed by atoms with Crippen molar-refractivity contribution in [2.24, 2.45) is 0 Å². The number of halogens is 1. The van der Waals surface area contributed by atoms with Crippen molar-refractivity contribution in [3.05, 3.63) is 75.4 Å². The van der Waals surface area contributed by atoms with E-state index in [1.54, 1.807) is 19.1 Å². The van der Waals surface area contributed by atoms with Crippen LogP contribution in [-0.2, 0) is 16.1 Å². The van der Waals surface area contributed by atoms with E-state index < -0.39 is 0 Å². The first-order valence-electron chi connectivity index (χ1n) is 7.43. The normalized spacial score (nSPS) is 11.3. The lowest BCUT2D eigenvalue weighted by Crippen LogP contribution is -2.04. The lowest BCUT2D eigenvalue weighted by molar-refractivity contribution is 0.0526. The Bertz CT molecular complexity index is 648. The molecule has 0 saturated heterocycles. The highest BCUT2D eigenvalue weighted by Gasteiger charge is 2.06. The number of benzene rings is 2. The largest absolute Gasteiger partial charge is 0.462 e. The van der Waals surface area contributed by atoms with Crippen LogP contribution in [0.15, 0.2) is 58.7 Å². The lowest BCUT2D eigenvalue weighted by Gasteiger charge is -2.09. The molecule has 23 heavy (non-hydrogen) atoms. The van der Waals surface area contributed by atoms with Crippen molar-refractivity contribution in [1.29, 1.82) is 0 Å². The van der Waals surface area contributed by atoms with E-state index in [1.807, 2.05) is 34.4 Å². The molecule has 4 heteroatoms. The maximum atomic E-state index is 11.6. The average Bonchev–Trinajstić information content (AvgIpc) is 2.60. The standard InChI is InChI=1S/C19H19IO3/c1-2-23-19(21)17-10-8-15(9-11-17)13-22-14-18(12-20)16-6-4-3-5-7-16/h3-12H,2,13-14H2,1H3/b18-12+. The van der Waals surface area contributed by atoms with Crippen molar-refractivity contribution in [3.63, 3.8) is 0 Å². The minimum Gasteiger partial charge on any atom is -0.462 e. The van der Waals surface area contributed by atoms with E-state index in [0.29, 0.717) is 25.4 Å². The Morgan fingerprint density at radius 1 is 1.04 bits per heavy atom. The highest BCUT2D eigenvalue weighted by Crippen LogP contribution is 2.17. The molecule has 0 atom stereocenters. The summed E-state index contributed by atoms with van der Waals surface area (Å²) in [5.41, 5.74) is 3.90. The van der Waals surface area contributed by atoms with Crippen molar-refractivity contribution in [2.45, 2.75) is 13.5 Å². The van der Waals surface area contributed by atoms with Crippen LogP contribution >= 0.6 is 22.6 Å². The summed E-state index contributed by atoms with van der Waals surface area (Å²) >= 11 is 2.23. The second-order valence-corrected chi connectivity index (χ2v) is 5.53. The quantitative estimate of drug-likeness (QED) is 0.473. The first-order chi connectivity index (χ1) is 11.2. The minimum absolute atomic E-state index is 0.292. The van der Waals surface area contributed by atoms with E-state index in [-0.39, 0.29) is 5.97 Å². The minimum atomic E-state index is -0.292. The van der Waals surface area contributed by atoms with Crippen LogP contribution in [0, 0.1) is 0 Å². The summed E-state index contributed by atoms with van der Waals surface area (Å²) in [6.45, 7) is 3.23. The van der Waals surface area contributed by atoms with Crippen molar-refractivity contribution < 1.29 is 14.3 Å². The Morgan fingerprint density at radius 2 is 1.74 bits per heavy atom. The fraction of sp³-hybridized carbons (Fsp3) is 0.211. The molecule has 2 aromatic carbocycles. The maximum Gasteiger partial charge on any atom is 0.338 e. The average molecular weight is 422 g/mol. The van der Waals surface area contributed by atoms with Crippen LogP contribution in [-0.4, -0.2) is 19.2 Å². The molecule has 0 aliphatic heterocycles. The molecule has 0 amide bonds. The summed E-state index contributed by atoms with van der Waals surface area (Å²) in [4.78, 5) is 11.6. The van der Waals surface area contributed by atoms with Gasteiger partial charge in [0, 0.05) is 0 Å².